The molecule has 2 aliphatic rings. The van der Waals surface area contributed by atoms with E-state index in [1.54, 1.807) is 6.92 Å². The number of rotatable bonds is 6. The molecule has 1 aromatic rings. The molecule has 4 heteroatoms. The molecule has 1 spiro atoms. The molecule has 0 saturated heterocycles. The number of aliphatic carboxylic acids is 1. The summed E-state index contributed by atoms with van der Waals surface area (Å²) in [6.45, 7) is 2.26. The minimum atomic E-state index is -0.851. The lowest BCUT2D eigenvalue weighted by molar-refractivity contribution is -0.137. The molecule has 2 saturated carbocycles. The Morgan fingerprint density at radius 3 is 2.50 bits per heavy atom. The Kier molecular flexibility index (Phi) is 7.02. The first kappa shape index (κ1) is 20.7. The van der Waals surface area contributed by atoms with E-state index in [2.05, 4.69) is 11.8 Å². The smallest absolute Gasteiger partial charge is 0.304 e. The van der Waals surface area contributed by atoms with E-state index in [4.69, 9.17) is 9.84 Å². The summed E-state index contributed by atoms with van der Waals surface area (Å²) in [5, 5.41) is 20.1. The van der Waals surface area contributed by atoms with E-state index < -0.39 is 5.97 Å². The summed E-state index contributed by atoms with van der Waals surface area (Å²) in [5.74, 6) is 5.58. The quantitative estimate of drug-likeness (QED) is 0.694. The minimum Gasteiger partial charge on any atom is -0.493 e. The zero-order valence-electron chi connectivity index (χ0n) is 16.8. The topological polar surface area (TPSA) is 66.8 Å². The third-order valence-electron chi connectivity index (χ3n) is 6.62. The van der Waals surface area contributed by atoms with E-state index in [1.807, 2.05) is 24.3 Å². The molecule has 152 valence electrons. The molecule has 3 atom stereocenters. The molecule has 4 nitrogen and oxygen atoms in total. The molecule has 0 radical (unpaired) electrons. The molecule has 3 rings (SSSR count). The fourth-order valence-corrected chi connectivity index (χ4v) is 5.10. The monoisotopic (exact) mass is 384 g/mol. The van der Waals surface area contributed by atoms with Crippen LogP contribution in [0.1, 0.15) is 76.2 Å². The average Bonchev–Trinajstić information content (AvgIpc) is 2.70. The largest absolute Gasteiger partial charge is 0.493 e. The van der Waals surface area contributed by atoms with Gasteiger partial charge in [0.15, 0.2) is 0 Å². The lowest BCUT2D eigenvalue weighted by Crippen LogP contribution is -2.46. The molecule has 2 fully saturated rings. The predicted molar refractivity (Wildman–Crippen MR) is 109 cm³/mol. The van der Waals surface area contributed by atoms with Crippen LogP contribution in [0.4, 0.5) is 0 Å². The maximum atomic E-state index is 11.0. The van der Waals surface area contributed by atoms with Crippen LogP contribution in [0, 0.1) is 23.2 Å². The second-order valence-electron chi connectivity index (χ2n) is 8.45. The third kappa shape index (κ3) is 4.89. The number of ether oxygens (including phenoxy) is 1. The molecular formula is C24H32O4. The van der Waals surface area contributed by atoms with E-state index in [1.165, 1.54) is 25.7 Å². The molecule has 28 heavy (non-hydrogen) atoms. The van der Waals surface area contributed by atoms with Crippen molar-refractivity contribution >= 4 is 5.97 Å². The van der Waals surface area contributed by atoms with Crippen LogP contribution in [0.25, 0.3) is 0 Å². The minimum absolute atomic E-state index is 0.00259. The van der Waals surface area contributed by atoms with Gasteiger partial charge in [-0.3, -0.25) is 4.79 Å². The second-order valence-corrected chi connectivity index (χ2v) is 8.45. The molecule has 0 aromatic heterocycles. The normalized spacial score (nSPS) is 24.8. The van der Waals surface area contributed by atoms with Crippen molar-refractivity contribution in [2.24, 2.45) is 11.3 Å². The van der Waals surface area contributed by atoms with Crippen molar-refractivity contribution in [3.05, 3.63) is 29.8 Å². The zero-order chi connectivity index (χ0) is 20.0. The van der Waals surface area contributed by atoms with Crippen molar-refractivity contribution < 1.29 is 19.7 Å². The summed E-state index contributed by atoms with van der Waals surface area (Å²) >= 11 is 0. The van der Waals surface area contributed by atoms with E-state index in [-0.39, 0.29) is 29.8 Å². The van der Waals surface area contributed by atoms with E-state index >= 15 is 0 Å². The Labute approximate surface area is 168 Å². The second kappa shape index (κ2) is 9.47. The molecule has 1 aromatic carbocycles. The summed E-state index contributed by atoms with van der Waals surface area (Å²) in [6.07, 6.45) is 9.18. The lowest BCUT2D eigenvalue weighted by Gasteiger charge is -2.47. The van der Waals surface area contributed by atoms with Crippen LogP contribution in [-0.4, -0.2) is 28.9 Å². The average molecular weight is 385 g/mol. The van der Waals surface area contributed by atoms with Gasteiger partial charge >= 0.3 is 5.97 Å². The van der Waals surface area contributed by atoms with E-state index in [0.717, 1.165) is 37.0 Å². The Balaban J connectivity index is 1.59. The van der Waals surface area contributed by atoms with Gasteiger partial charge in [0.25, 0.3) is 0 Å². The van der Waals surface area contributed by atoms with Crippen LogP contribution in [-0.2, 0) is 4.79 Å². The van der Waals surface area contributed by atoms with Crippen molar-refractivity contribution in [3.8, 4) is 17.6 Å². The Morgan fingerprint density at radius 2 is 1.86 bits per heavy atom. The number of carboxylic acid groups (broad SMARTS) is 1. The summed E-state index contributed by atoms with van der Waals surface area (Å²) in [4.78, 5) is 11.0. The Morgan fingerprint density at radius 1 is 1.18 bits per heavy atom. The highest BCUT2D eigenvalue weighted by Crippen LogP contribution is 2.49. The number of carboxylic acids is 1. The first-order valence-corrected chi connectivity index (χ1v) is 10.6. The number of carbonyl (C=O) groups is 1. The van der Waals surface area contributed by atoms with Crippen LogP contribution in [0.3, 0.4) is 0 Å². The van der Waals surface area contributed by atoms with Crippen molar-refractivity contribution in [3.63, 3.8) is 0 Å². The van der Waals surface area contributed by atoms with Crippen LogP contribution in [0.2, 0.25) is 0 Å². The molecule has 0 heterocycles. The van der Waals surface area contributed by atoms with Gasteiger partial charge in [0.05, 0.1) is 25.0 Å². The van der Waals surface area contributed by atoms with Crippen LogP contribution < -0.4 is 4.74 Å². The first-order valence-electron chi connectivity index (χ1n) is 10.6. The number of aliphatic hydroxyl groups excluding tert-OH is 1. The van der Waals surface area contributed by atoms with Crippen LogP contribution >= 0.6 is 0 Å². The third-order valence-corrected chi connectivity index (χ3v) is 6.62. The Hall–Kier alpha value is -1.99. The highest BCUT2D eigenvalue weighted by molar-refractivity contribution is 5.69. The zero-order valence-corrected chi connectivity index (χ0v) is 16.8. The van der Waals surface area contributed by atoms with Crippen molar-refractivity contribution in [1.29, 1.82) is 0 Å². The fourth-order valence-electron chi connectivity index (χ4n) is 5.10. The highest BCUT2D eigenvalue weighted by Gasteiger charge is 2.45. The molecule has 0 bridgehead atoms. The summed E-state index contributed by atoms with van der Waals surface area (Å²) in [7, 11) is 0. The molecule has 2 N–H and O–H groups in total. The van der Waals surface area contributed by atoms with Crippen molar-refractivity contribution in [2.75, 3.05) is 6.61 Å². The predicted octanol–water partition coefficient (Wildman–Crippen LogP) is 4.76. The summed E-state index contributed by atoms with van der Waals surface area (Å²) in [6, 6.07) is 7.56. The number of hydrogen-bond donors (Lipinski definition) is 2. The van der Waals surface area contributed by atoms with Crippen LogP contribution in [0.5, 0.6) is 5.75 Å². The molecule has 0 aliphatic heterocycles. The maximum Gasteiger partial charge on any atom is 0.304 e. The van der Waals surface area contributed by atoms with Crippen molar-refractivity contribution in [1.82, 2.24) is 0 Å². The van der Waals surface area contributed by atoms with Gasteiger partial charge in [-0.25, -0.2) is 0 Å². The van der Waals surface area contributed by atoms with Gasteiger partial charge in [-0.15, -0.1) is 5.92 Å². The fraction of sp³-hybridized carbons (Fsp3) is 0.625. The molecule has 0 amide bonds. The van der Waals surface area contributed by atoms with Gasteiger partial charge in [-0.05, 0) is 55.7 Å². The number of benzene rings is 1. The van der Waals surface area contributed by atoms with Gasteiger partial charge in [-0.2, -0.15) is 0 Å². The SMILES string of the molecule is CC#C[C@@H](CC(=O)O)c1ccc(OCC2CCCC3(CCCCC3)C2O)cc1. The van der Waals surface area contributed by atoms with Gasteiger partial charge in [0.2, 0.25) is 0 Å². The standard InChI is InChI=1S/C24H32O4/c1-2-7-19(16-22(25)26)18-9-11-21(12-10-18)28-17-20-8-6-15-24(23(20)27)13-4-3-5-14-24/h9-12,19-20,23,27H,3-6,8,13-17H2,1H3,(H,25,26)/t19-,20?,23?/m0/s1. The highest BCUT2D eigenvalue weighted by atomic mass is 16.5. The molecule has 2 unspecified atom stereocenters. The van der Waals surface area contributed by atoms with Gasteiger partial charge in [0.1, 0.15) is 5.75 Å². The van der Waals surface area contributed by atoms with E-state index in [0.29, 0.717) is 6.61 Å². The van der Waals surface area contributed by atoms with Crippen LogP contribution in [0.15, 0.2) is 24.3 Å². The summed E-state index contributed by atoms with van der Waals surface area (Å²) in [5.41, 5.74) is 1.01. The first-order chi connectivity index (χ1) is 13.5. The van der Waals surface area contributed by atoms with Gasteiger partial charge in [-0.1, -0.05) is 43.7 Å². The van der Waals surface area contributed by atoms with Crippen molar-refractivity contribution in [2.45, 2.75) is 76.7 Å². The van der Waals surface area contributed by atoms with E-state index in [9.17, 15) is 9.90 Å². The maximum absolute atomic E-state index is 11.0. The molecular weight excluding hydrogens is 352 g/mol. The molecule has 2 aliphatic carbocycles. The Bertz CT molecular complexity index is 701. The van der Waals surface area contributed by atoms with Gasteiger partial charge < -0.3 is 14.9 Å². The lowest BCUT2D eigenvalue weighted by atomic mass is 9.61. The number of aliphatic hydroxyl groups is 1. The summed E-state index contributed by atoms with van der Waals surface area (Å²) < 4.78 is 6.01. The number of hydrogen-bond acceptors (Lipinski definition) is 3. The van der Waals surface area contributed by atoms with Gasteiger partial charge in [0, 0.05) is 5.92 Å².